The molecule has 0 radical (unpaired) electrons. The van der Waals surface area contributed by atoms with Gasteiger partial charge in [0.15, 0.2) is 0 Å². The minimum atomic E-state index is -5.14. The van der Waals surface area contributed by atoms with Crippen LogP contribution in [0, 0.1) is 5.92 Å². The first-order valence-corrected chi connectivity index (χ1v) is 15.9. The molecular weight excluding hydrogens is 667 g/mol. The van der Waals surface area contributed by atoms with Crippen LogP contribution in [0.25, 0.3) is 0 Å². The maximum atomic E-state index is 14.1. The molecule has 1 aromatic heterocycles. The second-order valence-corrected chi connectivity index (χ2v) is 12.4. The van der Waals surface area contributed by atoms with Crippen LogP contribution in [0.3, 0.4) is 0 Å². The SMILES string of the molecule is CCN(CC1CCCC1)c1ccc(C(F)(F)F)cc1C(Nc1ncc(CCCC(=O)O)cn1)C(C)c1cc(C(F)(F)F)cc(C(F)(F)F)c1. The molecular formula is C34H37F9N4O2. The van der Waals surface area contributed by atoms with Gasteiger partial charge in [-0.2, -0.15) is 39.5 Å². The summed E-state index contributed by atoms with van der Waals surface area (Å²) in [5.41, 5.74) is -3.65. The van der Waals surface area contributed by atoms with Crippen LogP contribution in [0.5, 0.6) is 0 Å². The highest BCUT2D eigenvalue weighted by Gasteiger charge is 2.39. The van der Waals surface area contributed by atoms with E-state index in [1.807, 2.05) is 11.8 Å². The molecule has 3 aromatic rings. The normalized spacial score (nSPS) is 15.7. The van der Waals surface area contributed by atoms with Crippen molar-refractivity contribution in [3.05, 3.63) is 82.2 Å². The number of hydrogen-bond donors (Lipinski definition) is 2. The molecule has 0 bridgehead atoms. The van der Waals surface area contributed by atoms with Crippen molar-refractivity contribution in [2.45, 2.75) is 89.3 Å². The van der Waals surface area contributed by atoms with Crippen LogP contribution in [0.15, 0.2) is 48.8 Å². The van der Waals surface area contributed by atoms with Gasteiger partial charge in [-0.25, -0.2) is 9.97 Å². The molecule has 1 aliphatic carbocycles. The highest BCUT2D eigenvalue weighted by atomic mass is 19.4. The molecule has 15 heteroatoms. The maximum absolute atomic E-state index is 14.1. The minimum Gasteiger partial charge on any atom is -0.481 e. The first kappa shape index (κ1) is 37.8. The van der Waals surface area contributed by atoms with Crippen molar-refractivity contribution in [3.63, 3.8) is 0 Å². The van der Waals surface area contributed by atoms with Crippen molar-refractivity contribution in [3.8, 4) is 0 Å². The van der Waals surface area contributed by atoms with Crippen LogP contribution in [0.2, 0.25) is 0 Å². The van der Waals surface area contributed by atoms with Crippen LogP contribution < -0.4 is 10.2 Å². The summed E-state index contributed by atoms with van der Waals surface area (Å²) < 4.78 is 126. The van der Waals surface area contributed by atoms with Crippen LogP contribution in [0.1, 0.15) is 97.7 Å². The molecule has 268 valence electrons. The number of nitrogens with one attached hydrogen (secondary N) is 1. The Bertz CT molecular complexity index is 1540. The molecule has 2 aromatic carbocycles. The predicted octanol–water partition coefficient (Wildman–Crippen LogP) is 9.91. The topological polar surface area (TPSA) is 78.4 Å². The van der Waals surface area contributed by atoms with Crippen molar-refractivity contribution in [2.75, 3.05) is 23.3 Å². The maximum Gasteiger partial charge on any atom is 0.416 e. The highest BCUT2D eigenvalue weighted by molar-refractivity contribution is 5.66. The molecule has 1 saturated carbocycles. The van der Waals surface area contributed by atoms with Gasteiger partial charge < -0.3 is 15.3 Å². The number of carboxylic acid groups (broad SMARTS) is 1. The molecule has 2 unspecified atom stereocenters. The summed E-state index contributed by atoms with van der Waals surface area (Å²) in [6, 6.07) is 2.89. The molecule has 2 N–H and O–H groups in total. The molecule has 0 amide bonds. The fourth-order valence-electron chi connectivity index (χ4n) is 6.22. The summed E-state index contributed by atoms with van der Waals surface area (Å²) in [5, 5.41) is 11.8. The number of carboxylic acids is 1. The smallest absolute Gasteiger partial charge is 0.416 e. The van der Waals surface area contributed by atoms with Gasteiger partial charge in [-0.15, -0.1) is 0 Å². The van der Waals surface area contributed by atoms with E-state index in [2.05, 4.69) is 15.3 Å². The summed E-state index contributed by atoms with van der Waals surface area (Å²) in [4.78, 5) is 21.2. The highest BCUT2D eigenvalue weighted by Crippen LogP contribution is 2.44. The summed E-state index contributed by atoms with van der Waals surface area (Å²) in [6.07, 6.45) is -8.02. The number of aromatic nitrogens is 2. The van der Waals surface area contributed by atoms with Crippen LogP contribution in [0.4, 0.5) is 51.1 Å². The monoisotopic (exact) mass is 704 g/mol. The minimum absolute atomic E-state index is 0.000964. The third-order valence-electron chi connectivity index (χ3n) is 8.85. The lowest BCUT2D eigenvalue weighted by Crippen LogP contribution is -2.31. The van der Waals surface area contributed by atoms with E-state index in [0.29, 0.717) is 42.9 Å². The summed E-state index contributed by atoms with van der Waals surface area (Å²) in [5.74, 6) is -2.14. The molecule has 4 rings (SSSR count). The fraction of sp³-hybridized carbons (Fsp3) is 0.500. The lowest BCUT2D eigenvalue weighted by Gasteiger charge is -2.34. The standard InChI is InChI=1S/C34H37F9N4O2/c1-3-47(19-21-7-4-5-8-21)28-12-11-24(32(35,36)37)16-27(28)30(46-31-44-17-22(18-45-31)9-6-10-29(48)49)20(2)23-13-25(33(38,39)40)15-26(14-23)34(41,42)43/h11-18,20-21,30H,3-10,19H2,1-2H3,(H,48,49)(H,44,45,46). The molecule has 2 atom stereocenters. The Hall–Kier alpha value is -4.04. The van der Waals surface area contributed by atoms with Gasteiger partial charge in [0.05, 0.1) is 22.7 Å². The zero-order valence-corrected chi connectivity index (χ0v) is 26.8. The van der Waals surface area contributed by atoms with E-state index in [4.69, 9.17) is 5.11 Å². The number of aliphatic carboxylic acids is 1. The number of aryl methyl sites for hydroxylation is 1. The van der Waals surface area contributed by atoms with E-state index >= 15 is 0 Å². The third kappa shape index (κ3) is 10.0. The average Bonchev–Trinajstić information content (AvgIpc) is 3.54. The molecule has 1 heterocycles. The van der Waals surface area contributed by atoms with Crippen LogP contribution in [-0.4, -0.2) is 34.1 Å². The number of benzene rings is 2. The number of anilines is 2. The Kier molecular flexibility index (Phi) is 11.7. The van der Waals surface area contributed by atoms with E-state index < -0.39 is 58.7 Å². The summed E-state index contributed by atoms with van der Waals surface area (Å²) in [7, 11) is 0. The second-order valence-electron chi connectivity index (χ2n) is 12.4. The van der Waals surface area contributed by atoms with Crippen LogP contribution >= 0.6 is 0 Å². The fourth-order valence-corrected chi connectivity index (χ4v) is 6.22. The zero-order chi connectivity index (χ0) is 36.1. The van der Waals surface area contributed by atoms with Crippen LogP contribution in [-0.2, 0) is 29.7 Å². The number of hydrogen-bond acceptors (Lipinski definition) is 5. The third-order valence-corrected chi connectivity index (χ3v) is 8.85. The van der Waals surface area contributed by atoms with Gasteiger partial charge in [0.2, 0.25) is 5.95 Å². The van der Waals surface area contributed by atoms with Gasteiger partial charge in [0.1, 0.15) is 0 Å². The largest absolute Gasteiger partial charge is 0.481 e. The molecule has 1 aliphatic rings. The van der Waals surface area contributed by atoms with Gasteiger partial charge in [0, 0.05) is 43.5 Å². The zero-order valence-electron chi connectivity index (χ0n) is 26.8. The van der Waals surface area contributed by atoms with E-state index in [0.717, 1.165) is 37.8 Å². The lowest BCUT2D eigenvalue weighted by molar-refractivity contribution is -0.143. The molecule has 6 nitrogen and oxygen atoms in total. The van der Waals surface area contributed by atoms with E-state index in [-0.39, 0.29) is 36.3 Å². The van der Waals surface area contributed by atoms with Gasteiger partial charge in [-0.3, -0.25) is 4.79 Å². The van der Waals surface area contributed by atoms with E-state index in [1.165, 1.54) is 25.4 Å². The number of rotatable bonds is 13. The molecule has 0 spiro atoms. The Morgan fingerprint density at radius 3 is 1.98 bits per heavy atom. The predicted molar refractivity (Wildman–Crippen MR) is 165 cm³/mol. The van der Waals surface area contributed by atoms with Gasteiger partial charge >= 0.3 is 24.5 Å². The Labute approximate surface area is 277 Å². The van der Waals surface area contributed by atoms with Crippen molar-refractivity contribution in [1.29, 1.82) is 0 Å². The lowest BCUT2D eigenvalue weighted by atomic mass is 9.85. The average molecular weight is 705 g/mol. The molecule has 1 fully saturated rings. The molecule has 0 saturated heterocycles. The second kappa shape index (κ2) is 15.2. The number of halogens is 9. The Morgan fingerprint density at radius 2 is 1.47 bits per heavy atom. The Balaban J connectivity index is 1.88. The van der Waals surface area contributed by atoms with Gasteiger partial charge in [0.25, 0.3) is 0 Å². The summed E-state index contributed by atoms with van der Waals surface area (Å²) >= 11 is 0. The van der Waals surface area contributed by atoms with Crippen molar-refractivity contribution in [1.82, 2.24) is 9.97 Å². The quantitative estimate of drug-likeness (QED) is 0.173. The van der Waals surface area contributed by atoms with E-state index in [9.17, 15) is 44.3 Å². The van der Waals surface area contributed by atoms with Crippen molar-refractivity contribution < 1.29 is 49.4 Å². The summed E-state index contributed by atoms with van der Waals surface area (Å²) in [6.45, 7) is 4.03. The Morgan fingerprint density at radius 1 is 0.898 bits per heavy atom. The molecule has 0 aliphatic heterocycles. The van der Waals surface area contributed by atoms with Crippen molar-refractivity contribution >= 4 is 17.6 Å². The van der Waals surface area contributed by atoms with Crippen molar-refractivity contribution in [2.24, 2.45) is 5.92 Å². The van der Waals surface area contributed by atoms with E-state index in [1.54, 1.807) is 0 Å². The van der Waals surface area contributed by atoms with Gasteiger partial charge in [-0.1, -0.05) is 19.8 Å². The first-order valence-electron chi connectivity index (χ1n) is 15.9. The number of alkyl halides is 9. The van der Waals surface area contributed by atoms with Gasteiger partial charge in [-0.05, 0) is 91.6 Å². The number of carbonyl (C=O) groups is 1. The first-order chi connectivity index (χ1) is 22.9. The number of nitrogens with zero attached hydrogens (tertiary/aromatic N) is 3. The molecule has 49 heavy (non-hydrogen) atoms.